The zero-order valence-corrected chi connectivity index (χ0v) is 7.77. The first-order valence-corrected chi connectivity index (χ1v) is 4.33. The van der Waals surface area contributed by atoms with Crippen molar-refractivity contribution in [2.24, 2.45) is 5.73 Å². The highest BCUT2D eigenvalue weighted by molar-refractivity contribution is 4.51. The van der Waals surface area contributed by atoms with Crippen molar-refractivity contribution in [3.05, 3.63) is 0 Å². The van der Waals surface area contributed by atoms with Crippen LogP contribution in [0, 0.1) is 0 Å². The molecule has 0 unspecified atom stereocenters. The number of likely N-dealkylation sites (N-methyl/N-ethyl adjacent to an activating group) is 1. The molecule has 0 saturated heterocycles. The molecule has 0 heterocycles. The SMILES string of the molecule is CN(C)CCNCCCCN. The molecule has 0 aliphatic heterocycles. The predicted octanol–water partition coefficient (Wildman–Crippen LogP) is -0.123. The summed E-state index contributed by atoms with van der Waals surface area (Å²) in [6, 6.07) is 0. The summed E-state index contributed by atoms with van der Waals surface area (Å²) in [6.45, 7) is 4.11. The molecular formula is C8H21N3. The van der Waals surface area contributed by atoms with Crippen molar-refractivity contribution in [3.8, 4) is 0 Å². The van der Waals surface area contributed by atoms with Gasteiger partial charge in [0.2, 0.25) is 0 Å². The average molecular weight is 159 g/mol. The maximum atomic E-state index is 5.36. The molecule has 0 fully saturated rings. The van der Waals surface area contributed by atoms with Gasteiger partial charge in [-0.3, -0.25) is 0 Å². The summed E-state index contributed by atoms with van der Waals surface area (Å²) >= 11 is 0. The molecule has 0 spiro atoms. The van der Waals surface area contributed by atoms with Crippen molar-refractivity contribution < 1.29 is 0 Å². The maximum Gasteiger partial charge on any atom is 0.0101 e. The number of hydrogen-bond donors (Lipinski definition) is 2. The fourth-order valence-corrected chi connectivity index (χ4v) is 0.822. The third-order valence-corrected chi connectivity index (χ3v) is 1.54. The van der Waals surface area contributed by atoms with Gasteiger partial charge in [0.1, 0.15) is 0 Å². The normalized spacial score (nSPS) is 10.9. The van der Waals surface area contributed by atoms with Crippen LogP contribution in [0.2, 0.25) is 0 Å². The molecule has 3 heteroatoms. The summed E-state index contributed by atoms with van der Waals surface area (Å²) in [7, 11) is 4.17. The third kappa shape index (κ3) is 9.88. The van der Waals surface area contributed by atoms with Crippen molar-refractivity contribution in [2.45, 2.75) is 12.8 Å². The molecule has 0 aliphatic rings. The van der Waals surface area contributed by atoms with Crippen molar-refractivity contribution in [1.29, 1.82) is 0 Å². The van der Waals surface area contributed by atoms with E-state index in [0.29, 0.717) is 0 Å². The molecule has 0 bridgehead atoms. The quantitative estimate of drug-likeness (QED) is 0.509. The van der Waals surface area contributed by atoms with Crippen molar-refractivity contribution in [1.82, 2.24) is 10.2 Å². The Kier molecular flexibility index (Phi) is 7.89. The van der Waals surface area contributed by atoms with Gasteiger partial charge in [-0.05, 0) is 40.0 Å². The van der Waals surface area contributed by atoms with E-state index in [2.05, 4.69) is 24.3 Å². The van der Waals surface area contributed by atoms with Gasteiger partial charge in [0.25, 0.3) is 0 Å². The molecule has 0 aromatic rings. The largest absolute Gasteiger partial charge is 0.330 e. The Hall–Kier alpha value is -0.120. The summed E-state index contributed by atoms with van der Waals surface area (Å²) in [4.78, 5) is 2.18. The Morgan fingerprint density at radius 2 is 1.91 bits per heavy atom. The molecule has 68 valence electrons. The molecule has 0 aliphatic carbocycles. The van der Waals surface area contributed by atoms with Gasteiger partial charge in [0.05, 0.1) is 0 Å². The molecule has 0 aromatic carbocycles. The lowest BCUT2D eigenvalue weighted by atomic mass is 10.3. The molecule has 11 heavy (non-hydrogen) atoms. The second-order valence-corrected chi connectivity index (χ2v) is 3.05. The minimum atomic E-state index is 0.815. The monoisotopic (exact) mass is 159 g/mol. The summed E-state index contributed by atoms with van der Waals surface area (Å²) in [5, 5.41) is 3.35. The molecule has 0 aromatic heterocycles. The zero-order valence-electron chi connectivity index (χ0n) is 7.77. The van der Waals surface area contributed by atoms with Gasteiger partial charge in [-0.25, -0.2) is 0 Å². The number of hydrogen-bond acceptors (Lipinski definition) is 3. The number of nitrogens with zero attached hydrogens (tertiary/aromatic N) is 1. The van der Waals surface area contributed by atoms with Crippen LogP contribution in [-0.2, 0) is 0 Å². The van der Waals surface area contributed by atoms with Crippen LogP contribution in [0.5, 0.6) is 0 Å². The van der Waals surface area contributed by atoms with E-state index in [9.17, 15) is 0 Å². The highest BCUT2D eigenvalue weighted by atomic mass is 15.1. The van der Waals surface area contributed by atoms with Crippen molar-refractivity contribution in [2.75, 3.05) is 40.3 Å². The van der Waals surface area contributed by atoms with E-state index >= 15 is 0 Å². The lowest BCUT2D eigenvalue weighted by Crippen LogP contribution is -2.27. The first-order chi connectivity index (χ1) is 5.27. The molecule has 0 radical (unpaired) electrons. The highest BCUT2D eigenvalue weighted by Gasteiger charge is 1.89. The predicted molar refractivity (Wildman–Crippen MR) is 49.7 cm³/mol. The third-order valence-electron chi connectivity index (χ3n) is 1.54. The summed E-state index contributed by atoms with van der Waals surface area (Å²) in [5.74, 6) is 0. The minimum Gasteiger partial charge on any atom is -0.330 e. The van der Waals surface area contributed by atoms with Gasteiger partial charge in [-0.2, -0.15) is 0 Å². The highest BCUT2D eigenvalue weighted by Crippen LogP contribution is 1.81. The smallest absolute Gasteiger partial charge is 0.0101 e. The van der Waals surface area contributed by atoms with E-state index in [1.165, 1.54) is 6.42 Å². The standard InChI is InChI=1S/C8H21N3/c1-11(2)8-7-10-6-4-3-5-9/h10H,3-9H2,1-2H3. The summed E-state index contributed by atoms with van der Waals surface area (Å²) in [5.41, 5.74) is 5.36. The van der Waals surface area contributed by atoms with E-state index < -0.39 is 0 Å². The Morgan fingerprint density at radius 1 is 1.18 bits per heavy atom. The molecular weight excluding hydrogens is 138 g/mol. The van der Waals surface area contributed by atoms with Gasteiger partial charge in [-0.1, -0.05) is 0 Å². The Morgan fingerprint density at radius 3 is 2.45 bits per heavy atom. The van der Waals surface area contributed by atoms with Crippen LogP contribution < -0.4 is 11.1 Å². The molecule has 0 rings (SSSR count). The number of nitrogens with two attached hydrogens (primary N) is 1. The number of unbranched alkanes of at least 4 members (excludes halogenated alkanes) is 1. The lowest BCUT2D eigenvalue weighted by Gasteiger charge is -2.09. The van der Waals surface area contributed by atoms with E-state index in [1.807, 2.05) is 0 Å². The maximum absolute atomic E-state index is 5.36. The van der Waals surface area contributed by atoms with E-state index in [1.54, 1.807) is 0 Å². The molecule has 0 amide bonds. The van der Waals surface area contributed by atoms with Gasteiger partial charge >= 0.3 is 0 Å². The van der Waals surface area contributed by atoms with Crippen LogP contribution in [-0.4, -0.2) is 45.2 Å². The number of nitrogens with one attached hydrogen (secondary N) is 1. The van der Waals surface area contributed by atoms with E-state index in [-0.39, 0.29) is 0 Å². The molecule has 3 nitrogen and oxygen atoms in total. The van der Waals surface area contributed by atoms with Crippen molar-refractivity contribution in [3.63, 3.8) is 0 Å². The zero-order chi connectivity index (χ0) is 8.53. The lowest BCUT2D eigenvalue weighted by molar-refractivity contribution is 0.399. The summed E-state index contributed by atoms with van der Waals surface area (Å²) in [6.07, 6.45) is 2.33. The first-order valence-electron chi connectivity index (χ1n) is 4.33. The Balaban J connectivity index is 2.80. The first kappa shape index (κ1) is 10.9. The van der Waals surface area contributed by atoms with Crippen LogP contribution in [0.3, 0.4) is 0 Å². The number of rotatable bonds is 7. The van der Waals surface area contributed by atoms with Crippen LogP contribution >= 0.6 is 0 Å². The second kappa shape index (κ2) is 7.98. The summed E-state index contributed by atoms with van der Waals surface area (Å²) < 4.78 is 0. The van der Waals surface area contributed by atoms with Crippen LogP contribution in [0.25, 0.3) is 0 Å². The Labute approximate surface area is 69.9 Å². The van der Waals surface area contributed by atoms with Crippen LogP contribution in [0.1, 0.15) is 12.8 Å². The van der Waals surface area contributed by atoms with Gasteiger partial charge in [-0.15, -0.1) is 0 Å². The fraction of sp³-hybridized carbons (Fsp3) is 1.00. The fourth-order valence-electron chi connectivity index (χ4n) is 0.822. The van der Waals surface area contributed by atoms with Gasteiger partial charge in [0, 0.05) is 13.1 Å². The topological polar surface area (TPSA) is 41.3 Å². The van der Waals surface area contributed by atoms with Crippen LogP contribution in [0.15, 0.2) is 0 Å². The minimum absolute atomic E-state index is 0.815. The molecule has 3 N–H and O–H groups in total. The van der Waals surface area contributed by atoms with Crippen LogP contribution in [0.4, 0.5) is 0 Å². The van der Waals surface area contributed by atoms with E-state index in [4.69, 9.17) is 5.73 Å². The average Bonchev–Trinajstić information content (AvgIpc) is 1.96. The second-order valence-electron chi connectivity index (χ2n) is 3.05. The van der Waals surface area contributed by atoms with Crippen molar-refractivity contribution >= 4 is 0 Å². The van der Waals surface area contributed by atoms with Gasteiger partial charge < -0.3 is 16.0 Å². The van der Waals surface area contributed by atoms with E-state index in [0.717, 1.165) is 32.6 Å². The Bertz CT molecular complexity index is 73.7. The van der Waals surface area contributed by atoms with Gasteiger partial charge in [0.15, 0.2) is 0 Å². The molecule has 0 saturated carbocycles. The molecule has 0 atom stereocenters.